The molecule has 0 radical (unpaired) electrons. The van der Waals surface area contributed by atoms with E-state index in [1.54, 1.807) is 32.0 Å². The van der Waals surface area contributed by atoms with Crippen molar-refractivity contribution < 1.29 is 4.79 Å². The number of carbonyl (C=O) groups is 1. The minimum atomic E-state index is -0.140. The highest BCUT2D eigenvalue weighted by Crippen LogP contribution is 2.26. The number of hydrogen-bond acceptors (Lipinski definition) is 4. The lowest BCUT2D eigenvalue weighted by Crippen LogP contribution is -2.21. The molecule has 0 amide bonds. The fourth-order valence-electron chi connectivity index (χ4n) is 1.85. The van der Waals surface area contributed by atoms with Gasteiger partial charge in [0, 0.05) is 11.3 Å². The maximum Gasteiger partial charge on any atom is 0.202 e. The monoisotopic (exact) mass is 275 g/mol. The van der Waals surface area contributed by atoms with Crippen molar-refractivity contribution in [1.29, 1.82) is 5.41 Å². The normalized spacial score (nSPS) is 15.6. The molecule has 0 atom stereocenters. The molecule has 0 fully saturated rings. The van der Waals surface area contributed by atoms with Gasteiger partial charge >= 0.3 is 0 Å². The van der Waals surface area contributed by atoms with Crippen LogP contribution >= 0.6 is 11.6 Å². The molecule has 1 aliphatic carbocycles. The van der Waals surface area contributed by atoms with Crippen LogP contribution in [0.15, 0.2) is 41.1 Å². The maximum absolute atomic E-state index is 12.0. The Hall–Kier alpha value is -2.07. The lowest BCUT2D eigenvalue weighted by molar-refractivity contribution is -0.111. The van der Waals surface area contributed by atoms with Gasteiger partial charge in [0.15, 0.2) is 0 Å². The van der Waals surface area contributed by atoms with E-state index in [1.807, 2.05) is 0 Å². The Morgan fingerprint density at radius 2 is 2.00 bits per heavy atom. The third-order valence-corrected chi connectivity index (χ3v) is 3.34. The Bertz CT molecular complexity index is 644. The van der Waals surface area contributed by atoms with Crippen LogP contribution in [-0.4, -0.2) is 11.5 Å². The van der Waals surface area contributed by atoms with E-state index in [1.165, 1.54) is 6.08 Å². The highest BCUT2D eigenvalue weighted by Gasteiger charge is 2.21. The average Bonchev–Trinajstić information content (AvgIpc) is 2.36. The summed E-state index contributed by atoms with van der Waals surface area (Å²) in [7, 11) is 0. The number of anilines is 2. The van der Waals surface area contributed by atoms with E-state index in [-0.39, 0.29) is 5.78 Å². The quantitative estimate of drug-likeness (QED) is 0.573. The number of hydrogen-bond donors (Lipinski definition) is 3. The van der Waals surface area contributed by atoms with Crippen LogP contribution < -0.4 is 11.1 Å². The largest absolute Gasteiger partial charge is 0.398 e. The second kappa shape index (κ2) is 4.90. The molecule has 1 aromatic rings. The van der Waals surface area contributed by atoms with E-state index in [9.17, 15) is 4.79 Å². The molecule has 0 heterocycles. The van der Waals surface area contributed by atoms with E-state index in [4.69, 9.17) is 22.7 Å². The fourth-order valence-corrected chi connectivity index (χ4v) is 2.03. The van der Waals surface area contributed by atoms with E-state index < -0.39 is 0 Å². The van der Waals surface area contributed by atoms with Gasteiger partial charge in [-0.05, 0) is 43.7 Å². The first-order valence-electron chi connectivity index (χ1n) is 5.75. The first-order valence-corrected chi connectivity index (χ1v) is 6.13. The smallest absolute Gasteiger partial charge is 0.202 e. The number of ketones is 1. The molecule has 19 heavy (non-hydrogen) atoms. The van der Waals surface area contributed by atoms with Gasteiger partial charge in [-0.2, -0.15) is 0 Å². The molecule has 1 aromatic carbocycles. The maximum atomic E-state index is 12.0. The molecular formula is C14H14ClN3O. The van der Waals surface area contributed by atoms with Crippen molar-refractivity contribution in [2.75, 3.05) is 11.1 Å². The number of allylic oxidation sites excluding steroid dienone is 3. The number of rotatable bonds is 2. The van der Waals surface area contributed by atoms with Gasteiger partial charge in [0.2, 0.25) is 5.78 Å². The molecule has 2 rings (SSSR count). The molecule has 4 N–H and O–H groups in total. The molecule has 0 unspecified atom stereocenters. The molecule has 98 valence electrons. The first-order chi connectivity index (χ1) is 8.90. The first kappa shape index (κ1) is 13.4. The zero-order valence-corrected chi connectivity index (χ0v) is 11.4. The molecule has 1 aliphatic rings. The summed E-state index contributed by atoms with van der Waals surface area (Å²) in [5.74, 6) is -0.140. The number of carbonyl (C=O) groups excluding carboxylic acids is 1. The Morgan fingerprint density at radius 3 is 2.63 bits per heavy atom. The summed E-state index contributed by atoms with van der Waals surface area (Å²) in [6.07, 6.45) is 1.45. The third kappa shape index (κ3) is 2.53. The van der Waals surface area contributed by atoms with Gasteiger partial charge in [0.25, 0.3) is 0 Å². The zero-order valence-electron chi connectivity index (χ0n) is 10.7. The van der Waals surface area contributed by atoms with E-state index >= 15 is 0 Å². The second-order valence-corrected chi connectivity index (χ2v) is 4.84. The van der Waals surface area contributed by atoms with Crippen LogP contribution in [0.4, 0.5) is 11.4 Å². The average molecular weight is 276 g/mol. The standard InChI is InChI=1S/C14H14ClN3O/c1-7-5-12(19)14(8(2)13(7)17)18-9-3-4-11(16)10(15)6-9/h3-6,17-18H,16H2,1-2H3. The highest BCUT2D eigenvalue weighted by atomic mass is 35.5. The van der Waals surface area contributed by atoms with Gasteiger partial charge in [-0.25, -0.2) is 0 Å². The number of nitrogen functional groups attached to an aromatic ring is 1. The molecule has 0 spiro atoms. The van der Waals surface area contributed by atoms with Crippen molar-refractivity contribution in [2.45, 2.75) is 13.8 Å². The SMILES string of the molecule is CC1=CC(=O)C(Nc2ccc(N)c(Cl)c2)=C(C)C1=N. The topological polar surface area (TPSA) is 79.0 Å². The summed E-state index contributed by atoms with van der Waals surface area (Å²) >= 11 is 5.94. The van der Waals surface area contributed by atoms with Crippen molar-refractivity contribution in [3.63, 3.8) is 0 Å². The molecular weight excluding hydrogens is 262 g/mol. The van der Waals surface area contributed by atoms with Crippen molar-refractivity contribution >= 4 is 34.5 Å². The fraction of sp³-hybridized carbons (Fsp3) is 0.143. The summed E-state index contributed by atoms with van der Waals surface area (Å²) in [5, 5.41) is 11.3. The molecule has 0 saturated heterocycles. The molecule has 0 bridgehead atoms. The number of halogens is 1. The van der Waals surface area contributed by atoms with Crippen LogP contribution in [0.25, 0.3) is 0 Å². The molecule has 4 nitrogen and oxygen atoms in total. The number of benzene rings is 1. The van der Waals surface area contributed by atoms with Crippen LogP contribution in [0, 0.1) is 5.41 Å². The Balaban J connectivity index is 2.35. The van der Waals surface area contributed by atoms with Crippen LogP contribution in [0.1, 0.15) is 13.8 Å². The number of nitrogens with one attached hydrogen (secondary N) is 2. The van der Waals surface area contributed by atoms with Gasteiger partial charge in [0.05, 0.1) is 22.1 Å². The Kier molecular flexibility index (Phi) is 3.44. The second-order valence-electron chi connectivity index (χ2n) is 4.43. The third-order valence-electron chi connectivity index (χ3n) is 3.01. The highest BCUT2D eigenvalue weighted by molar-refractivity contribution is 6.33. The van der Waals surface area contributed by atoms with Gasteiger partial charge in [0.1, 0.15) is 0 Å². The minimum Gasteiger partial charge on any atom is -0.398 e. The Labute approximate surface area is 116 Å². The molecule has 0 saturated carbocycles. The van der Waals surface area contributed by atoms with Gasteiger partial charge in [-0.1, -0.05) is 11.6 Å². The van der Waals surface area contributed by atoms with Gasteiger partial charge in [-0.15, -0.1) is 0 Å². The van der Waals surface area contributed by atoms with Crippen LogP contribution in [0.2, 0.25) is 5.02 Å². The summed E-state index contributed by atoms with van der Waals surface area (Å²) in [5.41, 5.74) is 8.84. The van der Waals surface area contributed by atoms with Crippen molar-refractivity contribution in [2.24, 2.45) is 0 Å². The predicted octanol–water partition coefficient (Wildman–Crippen LogP) is 3.16. The summed E-state index contributed by atoms with van der Waals surface area (Å²) in [6, 6.07) is 5.06. The van der Waals surface area contributed by atoms with E-state index in [0.717, 1.165) is 0 Å². The van der Waals surface area contributed by atoms with E-state index in [2.05, 4.69) is 5.32 Å². The lowest BCUT2D eigenvalue weighted by Gasteiger charge is -2.18. The van der Waals surface area contributed by atoms with Crippen LogP contribution in [0.5, 0.6) is 0 Å². The lowest BCUT2D eigenvalue weighted by atomic mass is 9.94. The van der Waals surface area contributed by atoms with Gasteiger partial charge < -0.3 is 16.5 Å². The van der Waals surface area contributed by atoms with E-state index in [0.29, 0.717) is 39.0 Å². The van der Waals surface area contributed by atoms with Crippen molar-refractivity contribution in [3.05, 3.63) is 46.1 Å². The van der Waals surface area contributed by atoms with Crippen molar-refractivity contribution in [1.82, 2.24) is 0 Å². The van der Waals surface area contributed by atoms with Gasteiger partial charge in [-0.3, -0.25) is 4.79 Å². The van der Waals surface area contributed by atoms with Crippen molar-refractivity contribution in [3.8, 4) is 0 Å². The van der Waals surface area contributed by atoms with Crippen LogP contribution in [0.3, 0.4) is 0 Å². The Morgan fingerprint density at radius 1 is 1.32 bits per heavy atom. The summed E-state index contributed by atoms with van der Waals surface area (Å²) in [6.45, 7) is 3.50. The predicted molar refractivity (Wildman–Crippen MR) is 78.7 cm³/mol. The minimum absolute atomic E-state index is 0.140. The molecule has 0 aromatic heterocycles. The number of nitrogens with two attached hydrogens (primary N) is 1. The summed E-state index contributed by atoms with van der Waals surface area (Å²) in [4.78, 5) is 12.0. The molecule has 5 heteroatoms. The van der Waals surface area contributed by atoms with Crippen LogP contribution in [-0.2, 0) is 4.79 Å². The molecule has 0 aliphatic heterocycles. The summed E-state index contributed by atoms with van der Waals surface area (Å²) < 4.78 is 0. The zero-order chi connectivity index (χ0) is 14.2.